The minimum Gasteiger partial charge on any atom is -0.495 e. The van der Waals surface area contributed by atoms with Crippen LogP contribution in [0.1, 0.15) is 11.3 Å². The molecular formula is C13H15NO3. The number of carbonyl (C=O) groups is 1. The Morgan fingerprint density at radius 1 is 1.47 bits per heavy atom. The number of hydrogen-bond donors (Lipinski definition) is 1. The van der Waals surface area contributed by atoms with Gasteiger partial charge in [0.1, 0.15) is 5.75 Å². The number of hydrogen-bond acceptors (Lipinski definition) is 2. The van der Waals surface area contributed by atoms with Crippen LogP contribution >= 0.6 is 0 Å². The second kappa shape index (κ2) is 4.13. The topological polar surface area (TPSA) is 51.5 Å². The molecule has 0 fully saturated rings. The van der Waals surface area contributed by atoms with Gasteiger partial charge in [-0.15, -0.1) is 0 Å². The van der Waals surface area contributed by atoms with Crippen molar-refractivity contribution in [3.63, 3.8) is 0 Å². The number of carboxylic acids is 1. The van der Waals surface area contributed by atoms with Crippen molar-refractivity contribution in [2.75, 3.05) is 7.11 Å². The average molecular weight is 233 g/mol. The van der Waals surface area contributed by atoms with Gasteiger partial charge in [-0.2, -0.15) is 0 Å². The Morgan fingerprint density at radius 2 is 2.18 bits per heavy atom. The molecular weight excluding hydrogens is 218 g/mol. The number of fused-ring (bicyclic) bond motifs is 1. The summed E-state index contributed by atoms with van der Waals surface area (Å²) in [6.45, 7) is 1.93. The predicted octanol–water partition coefficient (Wildman–Crippen LogP) is 2.12. The van der Waals surface area contributed by atoms with Crippen molar-refractivity contribution < 1.29 is 14.6 Å². The number of ether oxygens (including phenoxy) is 1. The third-order valence-electron chi connectivity index (χ3n) is 3.15. The zero-order chi connectivity index (χ0) is 12.6. The zero-order valence-electron chi connectivity index (χ0n) is 10.2. The first-order valence-electron chi connectivity index (χ1n) is 5.39. The van der Waals surface area contributed by atoms with Crippen molar-refractivity contribution in [2.24, 2.45) is 7.05 Å². The highest BCUT2D eigenvalue weighted by atomic mass is 16.5. The van der Waals surface area contributed by atoms with Crippen molar-refractivity contribution >= 4 is 16.9 Å². The van der Waals surface area contributed by atoms with E-state index in [0.29, 0.717) is 0 Å². The molecule has 2 rings (SSSR count). The van der Waals surface area contributed by atoms with Crippen LogP contribution in [0.25, 0.3) is 10.9 Å². The van der Waals surface area contributed by atoms with E-state index in [2.05, 4.69) is 0 Å². The zero-order valence-corrected chi connectivity index (χ0v) is 10.2. The van der Waals surface area contributed by atoms with E-state index in [4.69, 9.17) is 9.84 Å². The van der Waals surface area contributed by atoms with Crippen LogP contribution in [-0.4, -0.2) is 22.8 Å². The highest BCUT2D eigenvalue weighted by molar-refractivity contribution is 5.92. The molecule has 4 nitrogen and oxygen atoms in total. The minimum atomic E-state index is -0.816. The fourth-order valence-electron chi connectivity index (χ4n) is 2.22. The van der Waals surface area contributed by atoms with Gasteiger partial charge in [-0.3, -0.25) is 4.79 Å². The van der Waals surface area contributed by atoms with Crippen LogP contribution < -0.4 is 4.74 Å². The maximum Gasteiger partial charge on any atom is 0.307 e. The molecule has 1 heterocycles. The maximum absolute atomic E-state index is 10.9. The van der Waals surface area contributed by atoms with Crippen LogP contribution in [0, 0.1) is 6.92 Å². The van der Waals surface area contributed by atoms with Gasteiger partial charge in [-0.25, -0.2) is 0 Å². The monoisotopic (exact) mass is 233 g/mol. The fourth-order valence-corrected chi connectivity index (χ4v) is 2.22. The summed E-state index contributed by atoms with van der Waals surface area (Å²) in [5, 5.41) is 9.90. The second-order valence-corrected chi connectivity index (χ2v) is 4.05. The largest absolute Gasteiger partial charge is 0.495 e. The van der Waals surface area contributed by atoms with E-state index in [9.17, 15) is 4.79 Å². The Bertz CT molecular complexity index is 584. The standard InChI is InChI=1S/C13H15NO3/c1-8-10(7-12(15)16)9-5-4-6-11(17-3)13(9)14(8)2/h4-6H,7H2,1-3H3,(H,15,16). The van der Waals surface area contributed by atoms with Crippen LogP contribution in [0.5, 0.6) is 5.75 Å². The van der Waals surface area contributed by atoms with Crippen LogP contribution in [-0.2, 0) is 18.3 Å². The molecule has 0 aliphatic carbocycles. The highest BCUT2D eigenvalue weighted by Gasteiger charge is 2.16. The van der Waals surface area contributed by atoms with E-state index in [1.807, 2.05) is 36.7 Å². The van der Waals surface area contributed by atoms with Gasteiger partial charge in [0, 0.05) is 18.1 Å². The second-order valence-electron chi connectivity index (χ2n) is 4.05. The summed E-state index contributed by atoms with van der Waals surface area (Å²) in [5.74, 6) is -0.0480. The molecule has 1 aromatic carbocycles. The SMILES string of the molecule is COc1cccc2c(CC(=O)O)c(C)n(C)c12. The van der Waals surface area contributed by atoms with Gasteiger partial charge >= 0.3 is 5.97 Å². The molecule has 0 amide bonds. The summed E-state index contributed by atoms with van der Waals surface area (Å²) in [6.07, 6.45) is 0.0380. The number of para-hydroxylation sites is 1. The van der Waals surface area contributed by atoms with Crippen molar-refractivity contribution in [1.82, 2.24) is 4.57 Å². The molecule has 0 unspecified atom stereocenters. The molecule has 17 heavy (non-hydrogen) atoms. The normalized spacial score (nSPS) is 10.8. The third kappa shape index (κ3) is 1.75. The molecule has 90 valence electrons. The number of aromatic nitrogens is 1. The molecule has 0 aliphatic rings. The van der Waals surface area contributed by atoms with Crippen molar-refractivity contribution in [1.29, 1.82) is 0 Å². The summed E-state index contributed by atoms with van der Waals surface area (Å²) in [6, 6.07) is 5.70. The Balaban J connectivity index is 2.77. The fraction of sp³-hybridized carbons (Fsp3) is 0.308. The molecule has 0 spiro atoms. The Hall–Kier alpha value is -1.97. The number of nitrogens with zero attached hydrogens (tertiary/aromatic N) is 1. The van der Waals surface area contributed by atoms with E-state index in [-0.39, 0.29) is 6.42 Å². The predicted molar refractivity (Wildman–Crippen MR) is 65.5 cm³/mol. The van der Waals surface area contributed by atoms with E-state index in [1.165, 1.54) is 0 Å². The number of methoxy groups -OCH3 is 1. The van der Waals surface area contributed by atoms with E-state index in [0.717, 1.165) is 27.9 Å². The first-order chi connectivity index (χ1) is 8.06. The lowest BCUT2D eigenvalue weighted by molar-refractivity contribution is -0.136. The molecule has 4 heteroatoms. The van der Waals surface area contributed by atoms with E-state index in [1.54, 1.807) is 7.11 Å². The summed E-state index contributed by atoms with van der Waals surface area (Å²) >= 11 is 0. The van der Waals surface area contributed by atoms with Crippen molar-refractivity contribution in [2.45, 2.75) is 13.3 Å². The molecule has 1 aromatic heterocycles. The molecule has 0 saturated heterocycles. The van der Waals surface area contributed by atoms with Gasteiger partial charge in [0.05, 0.1) is 19.0 Å². The van der Waals surface area contributed by atoms with E-state index >= 15 is 0 Å². The van der Waals surface area contributed by atoms with Gasteiger partial charge in [0.2, 0.25) is 0 Å². The van der Waals surface area contributed by atoms with E-state index < -0.39 is 5.97 Å². The van der Waals surface area contributed by atoms with Crippen molar-refractivity contribution in [3.05, 3.63) is 29.5 Å². The summed E-state index contributed by atoms with van der Waals surface area (Å²) in [4.78, 5) is 10.9. The molecule has 0 bridgehead atoms. The van der Waals surface area contributed by atoms with Gasteiger partial charge in [-0.05, 0) is 18.6 Å². The summed E-state index contributed by atoms with van der Waals surface area (Å²) in [7, 11) is 3.54. The van der Waals surface area contributed by atoms with Crippen LogP contribution in [0.2, 0.25) is 0 Å². The number of aliphatic carboxylic acids is 1. The maximum atomic E-state index is 10.9. The van der Waals surface area contributed by atoms with Gasteiger partial charge in [0.25, 0.3) is 0 Å². The lowest BCUT2D eigenvalue weighted by atomic mass is 10.1. The number of benzene rings is 1. The molecule has 1 N–H and O–H groups in total. The van der Waals surface area contributed by atoms with Crippen molar-refractivity contribution in [3.8, 4) is 5.75 Å². The quantitative estimate of drug-likeness (QED) is 0.883. The Morgan fingerprint density at radius 3 is 2.76 bits per heavy atom. The van der Waals surface area contributed by atoms with Gasteiger partial charge in [0.15, 0.2) is 0 Å². The van der Waals surface area contributed by atoms with Gasteiger partial charge < -0.3 is 14.4 Å². The number of aryl methyl sites for hydroxylation is 1. The average Bonchev–Trinajstić information content (AvgIpc) is 2.54. The summed E-state index contributed by atoms with van der Waals surface area (Å²) in [5.41, 5.74) is 2.77. The number of carboxylic acid groups (broad SMARTS) is 1. The van der Waals surface area contributed by atoms with Crippen LogP contribution in [0.4, 0.5) is 0 Å². The van der Waals surface area contributed by atoms with Gasteiger partial charge in [-0.1, -0.05) is 12.1 Å². The minimum absolute atomic E-state index is 0.0380. The first kappa shape index (κ1) is 11.5. The van der Waals surface area contributed by atoms with Crippen LogP contribution in [0.3, 0.4) is 0 Å². The molecule has 0 atom stereocenters. The number of rotatable bonds is 3. The van der Waals surface area contributed by atoms with Crippen LogP contribution in [0.15, 0.2) is 18.2 Å². The summed E-state index contributed by atoms with van der Waals surface area (Å²) < 4.78 is 7.29. The Kier molecular flexibility index (Phi) is 2.79. The third-order valence-corrected chi connectivity index (χ3v) is 3.15. The molecule has 2 aromatic rings. The highest BCUT2D eigenvalue weighted by Crippen LogP contribution is 2.32. The Labute approximate surface area is 99.4 Å². The first-order valence-corrected chi connectivity index (χ1v) is 5.39. The molecule has 0 radical (unpaired) electrons. The molecule has 0 saturated carbocycles. The molecule has 0 aliphatic heterocycles. The smallest absolute Gasteiger partial charge is 0.307 e. The lowest BCUT2D eigenvalue weighted by Gasteiger charge is -2.04. The lowest BCUT2D eigenvalue weighted by Crippen LogP contribution is -2.01.